The van der Waals surface area contributed by atoms with Gasteiger partial charge < -0.3 is 10.2 Å². The molecule has 4 nitrogen and oxygen atoms in total. The van der Waals surface area contributed by atoms with Crippen molar-refractivity contribution >= 4 is 6.03 Å². The van der Waals surface area contributed by atoms with Crippen LogP contribution in [0.5, 0.6) is 0 Å². The molecule has 2 amide bonds. The van der Waals surface area contributed by atoms with Gasteiger partial charge in [0.25, 0.3) is 0 Å². The van der Waals surface area contributed by atoms with Crippen molar-refractivity contribution in [3.05, 3.63) is 11.6 Å². The minimum absolute atomic E-state index is 0.148. The van der Waals surface area contributed by atoms with Gasteiger partial charge in [-0.15, -0.1) is 0 Å². The van der Waals surface area contributed by atoms with Crippen LogP contribution in [-0.2, 0) is 0 Å². The molecule has 3 saturated heterocycles. The smallest absolute Gasteiger partial charge is 0.318 e. The van der Waals surface area contributed by atoms with Crippen LogP contribution in [0.15, 0.2) is 11.6 Å². The molecule has 0 radical (unpaired) electrons. The summed E-state index contributed by atoms with van der Waals surface area (Å²) in [5, 5.41) is 3.12. The highest BCUT2D eigenvalue weighted by molar-refractivity contribution is 5.75. The molecule has 1 aliphatic carbocycles. The van der Waals surface area contributed by atoms with Gasteiger partial charge in [-0.25, -0.2) is 4.79 Å². The first-order valence-corrected chi connectivity index (χ1v) is 9.65. The summed E-state index contributed by atoms with van der Waals surface area (Å²) >= 11 is 0. The maximum Gasteiger partial charge on any atom is 0.318 e. The number of hydrogen-bond acceptors (Lipinski definition) is 2. The van der Waals surface area contributed by atoms with Gasteiger partial charge in [0.1, 0.15) is 0 Å². The summed E-state index contributed by atoms with van der Waals surface area (Å²) in [6.45, 7) is 7.49. The molecule has 3 fully saturated rings. The molecule has 0 saturated carbocycles. The fourth-order valence-corrected chi connectivity index (χ4v) is 5.53. The monoisotopic (exact) mass is 317 g/mol. The summed E-state index contributed by atoms with van der Waals surface area (Å²) in [6.07, 6.45) is 10.3. The van der Waals surface area contributed by atoms with Gasteiger partial charge in [0.05, 0.1) is 6.04 Å². The molecule has 3 aliphatic heterocycles. The number of nitrogens with one attached hydrogen (secondary N) is 1. The van der Waals surface area contributed by atoms with Gasteiger partial charge in [0.15, 0.2) is 0 Å². The standard InChI is InChI=1S/C19H31N3O/c1-13(2)20-19(23)22-9-5-6-14-10-15-11-16(18(14)22)12-21-8-4-3-7-17(15)21/h10,13,15-18H,3-9,11-12H2,1-2H3,(H,20,23)/t15-,16+,17+,18+/m0/s1. The second-order valence-electron chi connectivity index (χ2n) is 8.31. The van der Waals surface area contributed by atoms with Crippen LogP contribution in [0.2, 0.25) is 0 Å². The fourth-order valence-electron chi connectivity index (χ4n) is 5.53. The third-order valence-electron chi connectivity index (χ3n) is 6.33. The Morgan fingerprint density at radius 3 is 2.96 bits per heavy atom. The van der Waals surface area contributed by atoms with Crippen molar-refractivity contribution in [1.29, 1.82) is 0 Å². The lowest BCUT2D eigenvalue weighted by Crippen LogP contribution is -2.61. The minimum Gasteiger partial charge on any atom is -0.336 e. The summed E-state index contributed by atoms with van der Waals surface area (Å²) < 4.78 is 0. The zero-order chi connectivity index (χ0) is 16.0. The third kappa shape index (κ3) is 2.79. The lowest BCUT2D eigenvalue weighted by Gasteiger charge is -2.54. The Hall–Kier alpha value is -1.03. The zero-order valence-electron chi connectivity index (χ0n) is 14.6. The van der Waals surface area contributed by atoms with Crippen molar-refractivity contribution in [3.63, 3.8) is 0 Å². The zero-order valence-corrected chi connectivity index (χ0v) is 14.6. The molecule has 4 heteroatoms. The lowest BCUT2D eigenvalue weighted by atomic mass is 9.68. The van der Waals surface area contributed by atoms with Crippen molar-refractivity contribution in [2.45, 2.75) is 70.5 Å². The molecule has 23 heavy (non-hydrogen) atoms. The number of amides is 2. The Labute approximate surface area is 140 Å². The van der Waals surface area contributed by atoms with E-state index in [2.05, 4.69) is 35.0 Å². The fraction of sp³-hybridized carbons (Fsp3) is 0.842. The Morgan fingerprint density at radius 2 is 2.13 bits per heavy atom. The molecule has 0 aromatic carbocycles. The topological polar surface area (TPSA) is 35.6 Å². The van der Waals surface area contributed by atoms with Crippen LogP contribution in [0.25, 0.3) is 0 Å². The molecule has 0 unspecified atom stereocenters. The molecular formula is C19H31N3O. The van der Waals surface area contributed by atoms with Crippen LogP contribution in [0.1, 0.15) is 52.4 Å². The maximum absolute atomic E-state index is 12.7. The molecule has 3 heterocycles. The second-order valence-corrected chi connectivity index (χ2v) is 8.31. The van der Waals surface area contributed by atoms with Crippen molar-refractivity contribution in [1.82, 2.24) is 15.1 Å². The molecule has 4 rings (SSSR count). The molecule has 4 aliphatic rings. The van der Waals surface area contributed by atoms with E-state index in [0.717, 1.165) is 24.9 Å². The quantitative estimate of drug-likeness (QED) is 0.755. The van der Waals surface area contributed by atoms with Gasteiger partial charge >= 0.3 is 6.03 Å². The van der Waals surface area contributed by atoms with E-state index in [-0.39, 0.29) is 12.1 Å². The van der Waals surface area contributed by atoms with Crippen molar-refractivity contribution < 1.29 is 4.79 Å². The number of urea groups is 1. The number of piperidine rings is 3. The number of carbonyl (C=O) groups is 1. The summed E-state index contributed by atoms with van der Waals surface area (Å²) in [7, 11) is 0. The Balaban J connectivity index is 1.59. The second kappa shape index (κ2) is 6.12. The van der Waals surface area contributed by atoms with Crippen LogP contribution in [-0.4, -0.2) is 53.6 Å². The van der Waals surface area contributed by atoms with Crippen molar-refractivity contribution in [3.8, 4) is 0 Å². The van der Waals surface area contributed by atoms with Crippen LogP contribution in [0, 0.1) is 11.8 Å². The number of rotatable bonds is 1. The number of fused-ring (bicyclic) bond motifs is 6. The highest BCUT2D eigenvalue weighted by atomic mass is 16.2. The van der Waals surface area contributed by atoms with E-state index in [1.54, 1.807) is 5.57 Å². The van der Waals surface area contributed by atoms with Gasteiger partial charge in [-0.2, -0.15) is 0 Å². The van der Waals surface area contributed by atoms with Gasteiger partial charge in [-0.3, -0.25) is 4.90 Å². The predicted octanol–water partition coefficient (Wildman–Crippen LogP) is 3.00. The average Bonchev–Trinajstić information content (AvgIpc) is 2.54. The number of likely N-dealkylation sites (tertiary alicyclic amines) is 1. The van der Waals surface area contributed by atoms with Gasteiger partial charge in [0, 0.05) is 25.2 Å². The first-order valence-electron chi connectivity index (χ1n) is 9.65. The molecule has 0 spiro atoms. The Kier molecular flexibility index (Phi) is 4.12. The van der Waals surface area contributed by atoms with Crippen LogP contribution in [0.4, 0.5) is 4.79 Å². The molecule has 4 atom stereocenters. The molecule has 128 valence electrons. The van der Waals surface area contributed by atoms with E-state index in [1.807, 2.05) is 0 Å². The highest BCUT2D eigenvalue weighted by Crippen LogP contribution is 2.44. The predicted molar refractivity (Wildman–Crippen MR) is 92.3 cm³/mol. The largest absolute Gasteiger partial charge is 0.336 e. The molecular weight excluding hydrogens is 286 g/mol. The molecule has 0 aromatic heterocycles. The van der Waals surface area contributed by atoms with Crippen molar-refractivity contribution in [2.75, 3.05) is 19.6 Å². The van der Waals surface area contributed by atoms with E-state index in [1.165, 1.54) is 45.2 Å². The normalized spacial score (nSPS) is 37.0. The summed E-state index contributed by atoms with van der Waals surface area (Å²) in [4.78, 5) is 17.6. The first-order chi connectivity index (χ1) is 11.1. The van der Waals surface area contributed by atoms with Gasteiger partial charge in [-0.05, 0) is 64.3 Å². The van der Waals surface area contributed by atoms with E-state index >= 15 is 0 Å². The van der Waals surface area contributed by atoms with Crippen LogP contribution >= 0.6 is 0 Å². The number of nitrogens with zero attached hydrogens (tertiary/aromatic N) is 2. The van der Waals surface area contributed by atoms with Gasteiger partial charge in [0.2, 0.25) is 0 Å². The van der Waals surface area contributed by atoms with Crippen molar-refractivity contribution in [2.24, 2.45) is 11.8 Å². The summed E-state index contributed by atoms with van der Waals surface area (Å²) in [5.41, 5.74) is 1.57. The Bertz CT molecular complexity index is 501. The molecule has 2 bridgehead atoms. The van der Waals surface area contributed by atoms with E-state index in [9.17, 15) is 4.79 Å². The lowest BCUT2D eigenvalue weighted by molar-refractivity contribution is 0.00776. The summed E-state index contributed by atoms with van der Waals surface area (Å²) in [5.74, 6) is 1.39. The van der Waals surface area contributed by atoms with E-state index in [4.69, 9.17) is 0 Å². The van der Waals surface area contributed by atoms with E-state index in [0.29, 0.717) is 12.0 Å². The number of carbonyl (C=O) groups excluding carboxylic acids is 1. The average molecular weight is 317 g/mol. The Morgan fingerprint density at radius 1 is 1.26 bits per heavy atom. The minimum atomic E-state index is 0.148. The maximum atomic E-state index is 12.7. The molecule has 1 N–H and O–H groups in total. The first kappa shape index (κ1) is 15.5. The summed E-state index contributed by atoms with van der Waals surface area (Å²) in [6, 6.07) is 1.51. The number of hydrogen-bond donors (Lipinski definition) is 1. The third-order valence-corrected chi connectivity index (χ3v) is 6.33. The molecule has 0 aromatic rings. The SMILES string of the molecule is CC(C)NC(=O)N1CCCC2=C[C@H]3C[C@H](CN4CCCC[C@H]34)[C@@H]21. The van der Waals surface area contributed by atoms with E-state index < -0.39 is 0 Å². The highest BCUT2D eigenvalue weighted by Gasteiger charge is 2.46. The van der Waals surface area contributed by atoms with Crippen LogP contribution < -0.4 is 5.32 Å². The van der Waals surface area contributed by atoms with Gasteiger partial charge in [-0.1, -0.05) is 18.1 Å². The van der Waals surface area contributed by atoms with Crippen LogP contribution in [0.3, 0.4) is 0 Å².